The summed E-state index contributed by atoms with van der Waals surface area (Å²) in [7, 11) is 0. The molecule has 0 bridgehead atoms. The molecule has 2 aromatic carbocycles. The number of aliphatic hydroxyl groups is 1. The number of rotatable bonds is 9. The minimum absolute atomic E-state index is 0.182. The lowest BCUT2D eigenvalue weighted by molar-refractivity contribution is 0.0282. The van der Waals surface area contributed by atoms with Gasteiger partial charge in [0.15, 0.2) is 5.03 Å². The van der Waals surface area contributed by atoms with E-state index in [4.69, 9.17) is 4.74 Å². The summed E-state index contributed by atoms with van der Waals surface area (Å²) in [5, 5.41) is 10.3. The summed E-state index contributed by atoms with van der Waals surface area (Å²) in [4.78, 5) is 17.2. The molecule has 0 saturated carbocycles. The van der Waals surface area contributed by atoms with E-state index in [0.717, 1.165) is 23.2 Å². The summed E-state index contributed by atoms with van der Waals surface area (Å²) in [6, 6.07) is 12.0. The molecule has 0 atom stereocenters. The molecule has 0 radical (unpaired) electrons. The molecule has 5 nitrogen and oxygen atoms in total. The monoisotopic (exact) mass is 442 g/mol. The molecule has 31 heavy (non-hydrogen) atoms. The van der Waals surface area contributed by atoms with Crippen molar-refractivity contribution in [2.45, 2.75) is 44.2 Å². The molecule has 1 N–H and O–H groups in total. The van der Waals surface area contributed by atoms with Crippen LogP contribution < -0.4 is 10.3 Å². The van der Waals surface area contributed by atoms with E-state index in [2.05, 4.69) is 4.98 Å². The first-order chi connectivity index (χ1) is 14.8. The first-order valence-corrected chi connectivity index (χ1v) is 11.2. The quantitative estimate of drug-likeness (QED) is 0.497. The van der Waals surface area contributed by atoms with Crippen molar-refractivity contribution >= 4 is 11.8 Å². The Kier molecular flexibility index (Phi) is 7.51. The second kappa shape index (κ2) is 10.1. The largest absolute Gasteiger partial charge is 0.490 e. The molecule has 0 aliphatic carbocycles. The third-order valence-electron chi connectivity index (χ3n) is 4.64. The molecular weight excluding hydrogens is 415 g/mol. The third kappa shape index (κ3) is 6.42. The molecule has 0 unspecified atom stereocenters. The summed E-state index contributed by atoms with van der Waals surface area (Å²) >= 11 is 1.39. The van der Waals surface area contributed by atoms with Gasteiger partial charge in [0.1, 0.15) is 18.2 Å². The first kappa shape index (κ1) is 23.0. The van der Waals surface area contributed by atoms with Gasteiger partial charge in [-0.05, 0) is 68.1 Å². The van der Waals surface area contributed by atoms with E-state index >= 15 is 0 Å². The second-order valence-corrected chi connectivity index (χ2v) is 8.96. The van der Waals surface area contributed by atoms with Crippen molar-refractivity contribution in [3.05, 3.63) is 82.2 Å². The molecule has 0 aliphatic heterocycles. The smallest absolute Gasteiger partial charge is 0.287 e. The maximum Gasteiger partial charge on any atom is 0.287 e. The minimum Gasteiger partial charge on any atom is -0.490 e. The summed E-state index contributed by atoms with van der Waals surface area (Å²) in [6.07, 6.45) is 4.72. The van der Waals surface area contributed by atoms with Crippen LogP contribution in [0.5, 0.6) is 5.75 Å². The van der Waals surface area contributed by atoms with Crippen LogP contribution in [-0.4, -0.2) is 32.6 Å². The number of hydrogen-bond acceptors (Lipinski definition) is 5. The standard InChI is InChI=1S/C24H27FN2O3S/c1-4-18-15-20(9-10-21(18)30-16-24(2,3)29)27-13-12-26-22(23(27)28)31-14-11-17-5-7-19(25)8-6-17/h5-10,12-13,15,29H,4,11,14,16H2,1-3H3. The van der Waals surface area contributed by atoms with Gasteiger partial charge in [-0.3, -0.25) is 9.36 Å². The predicted octanol–water partition coefficient (Wildman–Crippen LogP) is 4.42. The van der Waals surface area contributed by atoms with Crippen molar-refractivity contribution in [3.63, 3.8) is 0 Å². The molecule has 0 saturated heterocycles. The summed E-state index contributed by atoms with van der Waals surface area (Å²) in [5.74, 6) is 1.11. The number of aryl methyl sites for hydroxylation is 2. The van der Waals surface area contributed by atoms with Gasteiger partial charge in [0.05, 0.1) is 5.60 Å². The van der Waals surface area contributed by atoms with Gasteiger partial charge in [-0.1, -0.05) is 19.1 Å². The van der Waals surface area contributed by atoms with Gasteiger partial charge in [0, 0.05) is 23.8 Å². The maximum absolute atomic E-state index is 13.0. The summed E-state index contributed by atoms with van der Waals surface area (Å²) in [6.45, 7) is 5.59. The van der Waals surface area contributed by atoms with Gasteiger partial charge in [0.2, 0.25) is 0 Å². The Bertz CT molecular complexity index is 1080. The van der Waals surface area contributed by atoms with E-state index in [1.54, 1.807) is 42.9 Å². The molecule has 1 aromatic heterocycles. The highest BCUT2D eigenvalue weighted by Gasteiger charge is 2.15. The highest BCUT2D eigenvalue weighted by atomic mass is 32.2. The molecule has 164 valence electrons. The molecule has 0 amide bonds. The van der Waals surface area contributed by atoms with E-state index in [0.29, 0.717) is 22.9 Å². The van der Waals surface area contributed by atoms with Crippen LogP contribution in [0.3, 0.4) is 0 Å². The van der Waals surface area contributed by atoms with Crippen molar-refractivity contribution in [1.29, 1.82) is 0 Å². The molecular formula is C24H27FN2O3S. The van der Waals surface area contributed by atoms with E-state index in [1.165, 1.54) is 23.9 Å². The van der Waals surface area contributed by atoms with Crippen LogP contribution in [0.1, 0.15) is 31.9 Å². The Morgan fingerprint density at radius 3 is 2.61 bits per heavy atom. The maximum atomic E-state index is 13.0. The van der Waals surface area contributed by atoms with Crippen LogP contribution in [0, 0.1) is 5.82 Å². The van der Waals surface area contributed by atoms with Crippen molar-refractivity contribution in [2.75, 3.05) is 12.4 Å². The Balaban J connectivity index is 1.75. The Morgan fingerprint density at radius 1 is 1.19 bits per heavy atom. The summed E-state index contributed by atoms with van der Waals surface area (Å²) < 4.78 is 20.4. The number of hydrogen-bond donors (Lipinski definition) is 1. The van der Waals surface area contributed by atoms with Gasteiger partial charge >= 0.3 is 0 Å². The van der Waals surface area contributed by atoms with E-state index in [-0.39, 0.29) is 18.0 Å². The molecule has 0 fully saturated rings. The molecule has 7 heteroatoms. The van der Waals surface area contributed by atoms with Gasteiger partial charge in [-0.2, -0.15) is 0 Å². The fourth-order valence-corrected chi connectivity index (χ4v) is 3.89. The van der Waals surface area contributed by atoms with Crippen molar-refractivity contribution < 1.29 is 14.2 Å². The van der Waals surface area contributed by atoms with Crippen LogP contribution >= 0.6 is 11.8 Å². The highest BCUT2D eigenvalue weighted by molar-refractivity contribution is 7.99. The second-order valence-electron chi connectivity index (χ2n) is 7.88. The van der Waals surface area contributed by atoms with Crippen LogP contribution in [0.2, 0.25) is 0 Å². The molecule has 3 rings (SSSR count). The van der Waals surface area contributed by atoms with Gasteiger partial charge in [-0.15, -0.1) is 11.8 Å². The summed E-state index contributed by atoms with van der Waals surface area (Å²) in [5.41, 5.74) is 1.60. The van der Waals surface area contributed by atoms with Crippen molar-refractivity contribution in [1.82, 2.24) is 9.55 Å². The van der Waals surface area contributed by atoms with Crippen LogP contribution in [0.4, 0.5) is 4.39 Å². The number of nitrogens with zero attached hydrogens (tertiary/aromatic N) is 2. The zero-order chi connectivity index (χ0) is 22.4. The Hall–Kier alpha value is -2.64. The lowest BCUT2D eigenvalue weighted by Gasteiger charge is -2.20. The van der Waals surface area contributed by atoms with Crippen LogP contribution in [0.15, 0.2) is 64.7 Å². The molecule has 3 aromatic rings. The van der Waals surface area contributed by atoms with E-state index < -0.39 is 5.60 Å². The van der Waals surface area contributed by atoms with Crippen molar-refractivity contribution in [2.24, 2.45) is 0 Å². The zero-order valence-electron chi connectivity index (χ0n) is 18.0. The van der Waals surface area contributed by atoms with Gasteiger partial charge in [0.25, 0.3) is 5.56 Å². The zero-order valence-corrected chi connectivity index (χ0v) is 18.8. The average molecular weight is 443 g/mol. The number of ether oxygens (including phenoxy) is 1. The van der Waals surface area contributed by atoms with E-state index in [9.17, 15) is 14.3 Å². The highest BCUT2D eigenvalue weighted by Crippen LogP contribution is 2.24. The number of halogens is 1. The Labute approximate surface area is 185 Å². The molecule has 0 spiro atoms. The predicted molar refractivity (Wildman–Crippen MR) is 122 cm³/mol. The van der Waals surface area contributed by atoms with Gasteiger partial charge < -0.3 is 9.84 Å². The average Bonchev–Trinajstić information content (AvgIpc) is 2.74. The normalized spacial score (nSPS) is 11.5. The molecule has 1 heterocycles. The van der Waals surface area contributed by atoms with Crippen molar-refractivity contribution in [3.8, 4) is 11.4 Å². The van der Waals surface area contributed by atoms with Crippen LogP contribution in [-0.2, 0) is 12.8 Å². The third-order valence-corrected chi connectivity index (χ3v) is 5.60. The number of thioether (sulfide) groups is 1. The van der Waals surface area contributed by atoms with Crippen LogP contribution in [0.25, 0.3) is 5.69 Å². The molecule has 0 aliphatic rings. The SMILES string of the molecule is CCc1cc(-n2ccnc(SCCc3ccc(F)cc3)c2=O)ccc1OCC(C)(C)O. The fourth-order valence-electron chi connectivity index (χ4n) is 3.00. The fraction of sp³-hybridized carbons (Fsp3) is 0.333. The lowest BCUT2D eigenvalue weighted by Crippen LogP contribution is -2.28. The Morgan fingerprint density at radius 2 is 1.94 bits per heavy atom. The topological polar surface area (TPSA) is 64.4 Å². The number of benzene rings is 2. The minimum atomic E-state index is -0.925. The lowest BCUT2D eigenvalue weighted by atomic mass is 10.1. The van der Waals surface area contributed by atoms with Gasteiger partial charge in [-0.25, -0.2) is 9.37 Å². The number of aromatic nitrogens is 2. The van der Waals surface area contributed by atoms with E-state index in [1.807, 2.05) is 25.1 Å². The first-order valence-electron chi connectivity index (χ1n) is 10.2.